The Kier molecular flexibility index (Phi) is 12.0. The summed E-state index contributed by atoms with van der Waals surface area (Å²) in [6.45, 7) is 10.2. The fourth-order valence-electron chi connectivity index (χ4n) is 4.84. The molecule has 34 heavy (non-hydrogen) atoms. The predicted octanol–water partition coefficient (Wildman–Crippen LogP) is 4.74. The summed E-state index contributed by atoms with van der Waals surface area (Å²) in [4.78, 5) is 12.4. The lowest BCUT2D eigenvalue weighted by molar-refractivity contribution is -0.151. The number of hydrogen-bond donors (Lipinski definition) is 2. The number of cyclic esters (lactones) is 1. The van der Waals surface area contributed by atoms with E-state index in [1.807, 2.05) is 39.0 Å². The first-order chi connectivity index (χ1) is 16.2. The summed E-state index contributed by atoms with van der Waals surface area (Å²) < 4.78 is 17.1. The highest BCUT2D eigenvalue weighted by atomic mass is 16.6. The van der Waals surface area contributed by atoms with Crippen LogP contribution in [0.4, 0.5) is 0 Å². The molecule has 0 aromatic heterocycles. The highest BCUT2D eigenvalue weighted by Crippen LogP contribution is 2.37. The van der Waals surface area contributed by atoms with Crippen LogP contribution < -0.4 is 0 Å². The number of carbonyl (C=O) groups excluding carboxylic acids is 1. The first-order valence-corrected chi connectivity index (χ1v) is 12.9. The lowest BCUT2D eigenvalue weighted by Gasteiger charge is -2.24. The van der Waals surface area contributed by atoms with Gasteiger partial charge in [-0.25, -0.2) is 0 Å². The molecule has 2 N–H and O–H groups in total. The van der Waals surface area contributed by atoms with Gasteiger partial charge in [0, 0.05) is 24.9 Å². The van der Waals surface area contributed by atoms with Crippen molar-refractivity contribution in [2.24, 2.45) is 17.8 Å². The van der Waals surface area contributed by atoms with E-state index in [1.54, 1.807) is 7.11 Å². The minimum Gasteiger partial charge on any atom is -0.457 e. The topological polar surface area (TPSA) is 88.5 Å². The molecule has 1 fully saturated rings. The largest absolute Gasteiger partial charge is 0.457 e. The summed E-state index contributed by atoms with van der Waals surface area (Å²) in [7, 11) is 1.72. The third-order valence-electron chi connectivity index (χ3n) is 7.21. The van der Waals surface area contributed by atoms with Crippen LogP contribution in [0.15, 0.2) is 36.0 Å². The lowest BCUT2D eigenvalue weighted by atomic mass is 9.91. The quantitative estimate of drug-likeness (QED) is 0.215. The van der Waals surface area contributed by atoms with Crippen molar-refractivity contribution in [3.8, 4) is 0 Å². The molecule has 0 aromatic rings. The first-order valence-electron chi connectivity index (χ1n) is 12.9. The number of ether oxygens (including phenoxy) is 3. The molecule has 6 heteroatoms. The van der Waals surface area contributed by atoms with Gasteiger partial charge in [-0.05, 0) is 38.2 Å². The summed E-state index contributed by atoms with van der Waals surface area (Å²) in [6, 6.07) is 0. The maximum atomic E-state index is 12.4. The molecule has 0 amide bonds. The van der Waals surface area contributed by atoms with Gasteiger partial charge >= 0.3 is 5.97 Å². The molecule has 194 valence electrons. The number of aliphatic hydroxyl groups excluding tert-OH is 2. The number of epoxide rings is 1. The Hall–Kier alpha value is -1.47. The van der Waals surface area contributed by atoms with Crippen LogP contribution in [0.5, 0.6) is 0 Å². The number of carbonyl (C=O) groups is 1. The average Bonchev–Trinajstić information content (AvgIpc) is 3.59. The van der Waals surface area contributed by atoms with Crippen molar-refractivity contribution in [1.29, 1.82) is 0 Å². The molecule has 2 rings (SSSR count). The van der Waals surface area contributed by atoms with Crippen LogP contribution in [0, 0.1) is 17.8 Å². The monoisotopic (exact) mass is 478 g/mol. The highest BCUT2D eigenvalue weighted by Gasteiger charge is 2.50. The van der Waals surface area contributed by atoms with Crippen LogP contribution in [-0.4, -0.2) is 59.9 Å². The zero-order valence-electron chi connectivity index (χ0n) is 21.9. The highest BCUT2D eigenvalue weighted by molar-refractivity contribution is 5.70. The fraction of sp³-hybridized carbons (Fsp3) is 0.750. The third-order valence-corrected chi connectivity index (χ3v) is 7.21. The van der Waals surface area contributed by atoms with Crippen molar-refractivity contribution in [3.63, 3.8) is 0 Å². The molecule has 2 aliphatic rings. The van der Waals surface area contributed by atoms with Crippen LogP contribution in [0.1, 0.15) is 73.1 Å². The molecule has 0 saturated carbocycles. The second-order valence-corrected chi connectivity index (χ2v) is 10.1. The number of aliphatic hydroxyl groups is 2. The van der Waals surface area contributed by atoms with Gasteiger partial charge in [0.25, 0.3) is 0 Å². The zero-order valence-corrected chi connectivity index (χ0v) is 21.9. The number of allylic oxidation sites excluding steroid dienone is 3. The van der Waals surface area contributed by atoms with Crippen LogP contribution in [0.3, 0.4) is 0 Å². The molecule has 0 aromatic carbocycles. The van der Waals surface area contributed by atoms with E-state index in [0.717, 1.165) is 31.3 Å². The molecule has 0 aliphatic carbocycles. The van der Waals surface area contributed by atoms with Crippen LogP contribution in [0.2, 0.25) is 0 Å². The maximum absolute atomic E-state index is 12.4. The van der Waals surface area contributed by atoms with E-state index in [-0.39, 0.29) is 48.5 Å². The third kappa shape index (κ3) is 8.63. The molecule has 1 saturated heterocycles. The molecule has 0 radical (unpaired) electrons. The Morgan fingerprint density at radius 1 is 1.29 bits per heavy atom. The Morgan fingerprint density at radius 2 is 2.03 bits per heavy atom. The Labute approximate surface area is 206 Å². The van der Waals surface area contributed by atoms with Gasteiger partial charge in [-0.1, -0.05) is 64.5 Å². The predicted molar refractivity (Wildman–Crippen MR) is 134 cm³/mol. The Balaban J connectivity index is 1.99. The molecule has 9 atom stereocenters. The van der Waals surface area contributed by atoms with E-state index in [2.05, 4.69) is 26.0 Å². The van der Waals surface area contributed by atoms with Gasteiger partial charge < -0.3 is 24.4 Å². The standard InChI is InChI=1S/C28H46O6/c1-7-23(32-6)21(5)27-28(34-27)25(31)18(2)14-12-15-20(4)26-19(3)13-10-8-9-11-16-22(29)17-24(30)33-26/h10,12-15,18-19,21-23,25-29,31H,7-9,11,16-17H2,1-6H3/b13-10+,14-12+,20-15+/t18-,19+,21-,22-,23+,25+,26+,27-,28-/m1/s1. The Bertz CT molecular complexity index is 710. The maximum Gasteiger partial charge on any atom is 0.309 e. The van der Waals surface area contributed by atoms with Crippen molar-refractivity contribution in [2.45, 2.75) is 110 Å². The van der Waals surface area contributed by atoms with Crippen molar-refractivity contribution in [2.75, 3.05) is 7.11 Å². The minimum absolute atomic E-state index is 0.0200. The SMILES string of the molecule is CC[C@H](OC)[C@@H](C)[C@H]1O[C@@H]1[C@@H](O)[C@H](C)/C=C/C=C(\C)[C@H]1OC(=O)C[C@H](O)CCCC/C=C/[C@@H]1C. The van der Waals surface area contributed by atoms with Gasteiger partial charge in [-0.3, -0.25) is 4.79 Å². The number of esters is 1. The molecule has 2 heterocycles. The summed E-state index contributed by atoms with van der Waals surface area (Å²) in [5.74, 6) is -0.189. The molecule has 0 unspecified atom stereocenters. The fourth-order valence-corrected chi connectivity index (χ4v) is 4.84. The second-order valence-electron chi connectivity index (χ2n) is 10.1. The molecule has 6 nitrogen and oxygen atoms in total. The van der Waals surface area contributed by atoms with E-state index in [0.29, 0.717) is 6.42 Å². The van der Waals surface area contributed by atoms with Gasteiger partial charge in [-0.2, -0.15) is 0 Å². The summed E-state index contributed by atoms with van der Waals surface area (Å²) >= 11 is 0. The van der Waals surface area contributed by atoms with E-state index >= 15 is 0 Å². The van der Waals surface area contributed by atoms with Crippen LogP contribution in [0.25, 0.3) is 0 Å². The molecular formula is C28H46O6. The average molecular weight is 479 g/mol. The van der Waals surface area contributed by atoms with Crippen molar-refractivity contribution >= 4 is 5.97 Å². The van der Waals surface area contributed by atoms with Crippen molar-refractivity contribution in [1.82, 2.24) is 0 Å². The summed E-state index contributed by atoms with van der Waals surface area (Å²) in [5, 5.41) is 20.8. The van der Waals surface area contributed by atoms with Gasteiger partial charge in [-0.15, -0.1) is 0 Å². The molecule has 0 spiro atoms. The number of hydrogen-bond acceptors (Lipinski definition) is 6. The van der Waals surface area contributed by atoms with Gasteiger partial charge in [0.05, 0.1) is 30.8 Å². The summed E-state index contributed by atoms with van der Waals surface area (Å²) in [5.41, 5.74) is 0.926. The van der Waals surface area contributed by atoms with E-state index in [9.17, 15) is 15.0 Å². The van der Waals surface area contributed by atoms with E-state index < -0.39 is 18.3 Å². The van der Waals surface area contributed by atoms with Gasteiger partial charge in [0.15, 0.2) is 0 Å². The number of rotatable bonds is 9. The Morgan fingerprint density at radius 3 is 2.71 bits per heavy atom. The van der Waals surface area contributed by atoms with E-state index in [1.165, 1.54) is 0 Å². The molecule has 0 bridgehead atoms. The molecule has 2 aliphatic heterocycles. The summed E-state index contributed by atoms with van der Waals surface area (Å²) in [6.07, 6.45) is 12.9. The lowest BCUT2D eigenvalue weighted by Crippen LogP contribution is -2.30. The molecular weight excluding hydrogens is 432 g/mol. The first kappa shape index (κ1) is 28.8. The van der Waals surface area contributed by atoms with Gasteiger partial charge in [0.2, 0.25) is 0 Å². The van der Waals surface area contributed by atoms with E-state index in [4.69, 9.17) is 14.2 Å². The normalized spacial score (nSPS) is 33.8. The zero-order chi connectivity index (χ0) is 25.3. The second kappa shape index (κ2) is 14.2. The smallest absolute Gasteiger partial charge is 0.309 e. The minimum atomic E-state index is -0.647. The van der Waals surface area contributed by atoms with Crippen molar-refractivity contribution < 1.29 is 29.2 Å². The van der Waals surface area contributed by atoms with Crippen LogP contribution >= 0.6 is 0 Å². The number of methoxy groups -OCH3 is 1. The van der Waals surface area contributed by atoms with Crippen LogP contribution in [-0.2, 0) is 19.0 Å². The van der Waals surface area contributed by atoms with Gasteiger partial charge in [0.1, 0.15) is 12.2 Å². The van der Waals surface area contributed by atoms with Crippen molar-refractivity contribution in [3.05, 3.63) is 36.0 Å².